The minimum absolute atomic E-state index is 0.120. The van der Waals surface area contributed by atoms with Crippen LogP contribution >= 0.6 is 0 Å². The van der Waals surface area contributed by atoms with Gasteiger partial charge in [0.15, 0.2) is 0 Å². The molecule has 0 N–H and O–H groups in total. The van der Waals surface area contributed by atoms with Gasteiger partial charge >= 0.3 is 11.1 Å². The van der Waals surface area contributed by atoms with Crippen molar-refractivity contribution < 1.29 is 4.79 Å². The maximum Gasteiger partial charge on any atom is 0.316 e. The summed E-state index contributed by atoms with van der Waals surface area (Å²) >= 11 is 0. The number of aryl methyl sites for hydroxylation is 2. The first-order valence-corrected chi connectivity index (χ1v) is 5.84. The quantitative estimate of drug-likeness (QED) is 0.658. The van der Waals surface area contributed by atoms with Gasteiger partial charge in [-0.3, -0.25) is 14.4 Å². The van der Waals surface area contributed by atoms with E-state index in [9.17, 15) is 14.4 Å². The third kappa shape index (κ3) is 3.81. The van der Waals surface area contributed by atoms with Gasteiger partial charge < -0.3 is 14.0 Å². The molecule has 0 saturated heterocycles. The summed E-state index contributed by atoms with van der Waals surface area (Å²) in [6.07, 6.45) is 3.35. The Morgan fingerprint density at radius 1 is 1.37 bits per heavy atom. The number of carbonyl (C=O) groups excluding carboxylic acids is 1. The Kier molecular flexibility index (Phi) is 5.06. The van der Waals surface area contributed by atoms with Gasteiger partial charge in [-0.15, -0.1) is 0 Å². The molecule has 7 heteroatoms. The smallest absolute Gasteiger partial charge is 0.316 e. The van der Waals surface area contributed by atoms with Crippen LogP contribution in [0.15, 0.2) is 22.0 Å². The average Bonchev–Trinajstić information content (AvgIpc) is 2.41. The SMILES string of the molecule is CN(CCC#N)C(=O)CCn1ccn(C)c(=O)c1=O. The molecule has 0 fully saturated rings. The van der Waals surface area contributed by atoms with Crippen molar-refractivity contribution in [3.8, 4) is 6.07 Å². The van der Waals surface area contributed by atoms with Crippen molar-refractivity contribution in [2.45, 2.75) is 19.4 Å². The van der Waals surface area contributed by atoms with Gasteiger partial charge in [0.05, 0.1) is 12.5 Å². The zero-order chi connectivity index (χ0) is 14.4. The molecule has 0 bridgehead atoms. The number of nitrogens with zero attached hydrogens (tertiary/aromatic N) is 4. The number of carbonyl (C=O) groups is 1. The number of hydrogen-bond acceptors (Lipinski definition) is 4. The highest BCUT2D eigenvalue weighted by Gasteiger charge is 2.09. The number of nitriles is 1. The highest BCUT2D eigenvalue weighted by molar-refractivity contribution is 5.75. The summed E-state index contributed by atoms with van der Waals surface area (Å²) < 4.78 is 2.41. The van der Waals surface area contributed by atoms with Crippen LogP contribution in [-0.4, -0.2) is 33.5 Å². The molecule has 0 radical (unpaired) electrons. The molecule has 7 nitrogen and oxygen atoms in total. The standard InChI is InChI=1S/C12H16N4O3/c1-14(6-3-5-13)10(17)4-7-16-9-8-15(2)11(18)12(16)19/h8-9H,3-4,6-7H2,1-2H3. The van der Waals surface area contributed by atoms with Crippen molar-refractivity contribution in [3.05, 3.63) is 33.1 Å². The third-order valence-corrected chi connectivity index (χ3v) is 2.79. The van der Waals surface area contributed by atoms with Crippen LogP contribution in [0, 0.1) is 11.3 Å². The van der Waals surface area contributed by atoms with E-state index in [0.29, 0.717) is 6.54 Å². The van der Waals surface area contributed by atoms with E-state index in [1.54, 1.807) is 7.05 Å². The molecule has 102 valence electrons. The minimum atomic E-state index is -0.641. The predicted octanol–water partition coefficient (Wildman–Crippen LogP) is -0.691. The molecule has 0 spiro atoms. The Hall–Kier alpha value is -2.36. The van der Waals surface area contributed by atoms with E-state index in [2.05, 4.69) is 0 Å². The highest BCUT2D eigenvalue weighted by atomic mass is 16.2. The lowest BCUT2D eigenvalue weighted by Gasteiger charge is -2.15. The maximum absolute atomic E-state index is 11.7. The minimum Gasteiger partial charge on any atom is -0.345 e. The van der Waals surface area contributed by atoms with Crippen LogP contribution in [-0.2, 0) is 18.4 Å². The zero-order valence-corrected chi connectivity index (χ0v) is 11.0. The van der Waals surface area contributed by atoms with Crippen LogP contribution in [0.2, 0.25) is 0 Å². The van der Waals surface area contributed by atoms with Crippen LogP contribution < -0.4 is 11.1 Å². The summed E-state index contributed by atoms with van der Waals surface area (Å²) in [5, 5.41) is 8.43. The van der Waals surface area contributed by atoms with Crippen LogP contribution in [0.4, 0.5) is 0 Å². The first-order chi connectivity index (χ1) is 8.97. The zero-order valence-electron chi connectivity index (χ0n) is 11.0. The summed E-state index contributed by atoms with van der Waals surface area (Å²) in [6, 6.07) is 1.96. The van der Waals surface area contributed by atoms with Gasteiger partial charge in [0.2, 0.25) is 5.91 Å². The van der Waals surface area contributed by atoms with Gasteiger partial charge in [-0.05, 0) is 0 Å². The second-order valence-corrected chi connectivity index (χ2v) is 4.19. The van der Waals surface area contributed by atoms with Gasteiger partial charge in [0, 0.05) is 46.0 Å². The Morgan fingerprint density at radius 3 is 2.68 bits per heavy atom. The Morgan fingerprint density at radius 2 is 2.05 bits per heavy atom. The summed E-state index contributed by atoms with van der Waals surface area (Å²) in [4.78, 5) is 36.2. The molecule has 1 heterocycles. The second-order valence-electron chi connectivity index (χ2n) is 4.19. The Bertz CT molecular complexity index is 609. The van der Waals surface area contributed by atoms with Crippen LogP contribution in [0.1, 0.15) is 12.8 Å². The first-order valence-electron chi connectivity index (χ1n) is 5.84. The summed E-state index contributed by atoms with van der Waals surface area (Å²) in [5.74, 6) is -0.164. The lowest BCUT2D eigenvalue weighted by Crippen LogP contribution is -2.40. The summed E-state index contributed by atoms with van der Waals surface area (Å²) in [6.45, 7) is 0.519. The molecule has 1 amide bonds. The van der Waals surface area contributed by atoms with E-state index >= 15 is 0 Å². The van der Waals surface area contributed by atoms with Crippen LogP contribution in [0.5, 0.6) is 0 Å². The van der Waals surface area contributed by atoms with Crippen LogP contribution in [0.25, 0.3) is 0 Å². The molecular weight excluding hydrogens is 248 g/mol. The van der Waals surface area contributed by atoms with E-state index in [0.717, 1.165) is 0 Å². The number of rotatable bonds is 5. The molecule has 0 aliphatic rings. The van der Waals surface area contributed by atoms with Crippen molar-refractivity contribution in [1.82, 2.24) is 14.0 Å². The molecular formula is C12H16N4O3. The van der Waals surface area contributed by atoms with E-state index in [1.807, 2.05) is 6.07 Å². The number of aromatic nitrogens is 2. The van der Waals surface area contributed by atoms with Gasteiger partial charge in [-0.1, -0.05) is 0 Å². The fourth-order valence-corrected chi connectivity index (χ4v) is 1.52. The van der Waals surface area contributed by atoms with Crippen molar-refractivity contribution in [2.75, 3.05) is 13.6 Å². The molecule has 0 unspecified atom stereocenters. The molecule has 1 aromatic heterocycles. The fourth-order valence-electron chi connectivity index (χ4n) is 1.52. The second kappa shape index (κ2) is 6.54. The molecule has 0 atom stereocenters. The lowest BCUT2D eigenvalue weighted by atomic mass is 10.3. The van der Waals surface area contributed by atoms with E-state index in [1.165, 1.54) is 33.5 Å². The molecule has 0 aliphatic carbocycles. The fraction of sp³-hybridized carbons (Fsp3) is 0.500. The predicted molar refractivity (Wildman–Crippen MR) is 68.4 cm³/mol. The Balaban J connectivity index is 2.66. The maximum atomic E-state index is 11.7. The van der Waals surface area contributed by atoms with Crippen molar-refractivity contribution in [1.29, 1.82) is 5.26 Å². The van der Waals surface area contributed by atoms with Gasteiger partial charge in [-0.25, -0.2) is 0 Å². The molecule has 1 aromatic rings. The molecule has 19 heavy (non-hydrogen) atoms. The van der Waals surface area contributed by atoms with E-state index in [4.69, 9.17) is 5.26 Å². The van der Waals surface area contributed by atoms with Gasteiger partial charge in [0.25, 0.3) is 0 Å². The van der Waals surface area contributed by atoms with Crippen molar-refractivity contribution >= 4 is 5.91 Å². The highest BCUT2D eigenvalue weighted by Crippen LogP contribution is 1.94. The van der Waals surface area contributed by atoms with Crippen LogP contribution in [0.3, 0.4) is 0 Å². The average molecular weight is 264 g/mol. The Labute approximate surface area is 110 Å². The molecule has 1 rings (SSSR count). The third-order valence-electron chi connectivity index (χ3n) is 2.79. The van der Waals surface area contributed by atoms with Crippen molar-refractivity contribution in [3.63, 3.8) is 0 Å². The summed E-state index contributed by atoms with van der Waals surface area (Å²) in [7, 11) is 3.10. The molecule has 0 aromatic carbocycles. The molecule has 0 saturated carbocycles. The summed E-state index contributed by atoms with van der Waals surface area (Å²) in [5.41, 5.74) is -1.26. The normalized spacial score (nSPS) is 9.95. The monoisotopic (exact) mass is 264 g/mol. The number of amides is 1. The first kappa shape index (κ1) is 14.7. The number of hydrogen-bond donors (Lipinski definition) is 0. The van der Waals surface area contributed by atoms with Gasteiger partial charge in [-0.2, -0.15) is 5.26 Å². The lowest BCUT2D eigenvalue weighted by molar-refractivity contribution is -0.130. The van der Waals surface area contributed by atoms with E-state index in [-0.39, 0.29) is 25.3 Å². The molecule has 0 aliphatic heterocycles. The van der Waals surface area contributed by atoms with Crippen molar-refractivity contribution in [2.24, 2.45) is 7.05 Å². The van der Waals surface area contributed by atoms with Gasteiger partial charge in [0.1, 0.15) is 0 Å². The topological polar surface area (TPSA) is 88.1 Å². The van der Waals surface area contributed by atoms with E-state index < -0.39 is 11.1 Å². The largest absolute Gasteiger partial charge is 0.345 e.